The summed E-state index contributed by atoms with van der Waals surface area (Å²) in [7, 11) is 2.11. The highest BCUT2D eigenvalue weighted by atomic mass is 35.5. The van der Waals surface area contributed by atoms with Gasteiger partial charge in [-0.05, 0) is 25.2 Å². The fraction of sp³-hybridized carbons (Fsp3) is 0.286. The molecule has 7 nitrogen and oxygen atoms in total. The second-order valence-electron chi connectivity index (χ2n) is 7.54. The zero-order valence-electron chi connectivity index (χ0n) is 16.0. The van der Waals surface area contributed by atoms with Crippen molar-refractivity contribution in [3.8, 4) is 0 Å². The number of aromatic nitrogens is 2. The number of amides is 2. The van der Waals surface area contributed by atoms with Crippen LogP contribution in [0, 0.1) is 0 Å². The minimum atomic E-state index is -0.278. The van der Waals surface area contributed by atoms with Gasteiger partial charge in [0.2, 0.25) is 0 Å². The topological polar surface area (TPSA) is 61.2 Å². The van der Waals surface area contributed by atoms with Crippen molar-refractivity contribution in [2.24, 2.45) is 0 Å². The Morgan fingerprint density at radius 3 is 2.31 bits per heavy atom. The summed E-state index contributed by atoms with van der Waals surface area (Å²) in [6, 6.07) is 8.83. The van der Waals surface area contributed by atoms with Gasteiger partial charge >= 0.3 is 0 Å². The number of imide groups is 1. The Labute approximate surface area is 173 Å². The zero-order chi connectivity index (χ0) is 20.1. The number of benzene rings is 1. The summed E-state index contributed by atoms with van der Waals surface area (Å²) in [5, 5.41) is 0.621. The Balaban J connectivity index is 1.47. The van der Waals surface area contributed by atoms with Gasteiger partial charge in [-0.15, -0.1) is 0 Å². The fourth-order valence-corrected chi connectivity index (χ4v) is 4.21. The largest absolute Gasteiger partial charge is 0.366 e. The molecular weight excluding hydrogens is 390 g/mol. The van der Waals surface area contributed by atoms with Crippen molar-refractivity contribution < 1.29 is 9.59 Å². The van der Waals surface area contributed by atoms with Crippen molar-refractivity contribution in [2.45, 2.75) is 6.54 Å². The Morgan fingerprint density at radius 1 is 1.00 bits per heavy atom. The molecule has 1 aromatic carbocycles. The van der Waals surface area contributed by atoms with E-state index < -0.39 is 0 Å². The average molecular weight is 410 g/mol. The molecule has 8 heteroatoms. The molecule has 0 radical (unpaired) electrons. The lowest BCUT2D eigenvalue weighted by molar-refractivity contribution is 0.0640. The number of hydrogen-bond acceptors (Lipinski definition) is 5. The van der Waals surface area contributed by atoms with Gasteiger partial charge in [0.05, 0.1) is 34.1 Å². The second-order valence-corrected chi connectivity index (χ2v) is 7.98. The van der Waals surface area contributed by atoms with E-state index in [1.807, 2.05) is 16.7 Å². The zero-order valence-corrected chi connectivity index (χ0v) is 16.8. The van der Waals surface area contributed by atoms with Gasteiger partial charge in [0.15, 0.2) is 5.65 Å². The molecule has 0 aliphatic carbocycles. The molecule has 0 atom stereocenters. The van der Waals surface area contributed by atoms with Crippen LogP contribution in [0.5, 0.6) is 0 Å². The Bertz CT molecular complexity index is 1100. The molecule has 0 N–H and O–H groups in total. The molecule has 5 rings (SSSR count). The Morgan fingerprint density at radius 2 is 1.66 bits per heavy atom. The second kappa shape index (κ2) is 6.86. The number of carbonyl (C=O) groups is 2. The van der Waals surface area contributed by atoms with E-state index in [9.17, 15) is 9.59 Å². The number of nitrogens with zero attached hydrogens (tertiary/aromatic N) is 5. The molecule has 0 unspecified atom stereocenters. The molecular formula is C21H20ClN5O2. The highest BCUT2D eigenvalue weighted by Gasteiger charge is 2.35. The van der Waals surface area contributed by atoms with Crippen LogP contribution in [-0.2, 0) is 6.54 Å². The Hall–Kier alpha value is -2.90. The van der Waals surface area contributed by atoms with E-state index >= 15 is 0 Å². The smallest absolute Gasteiger partial charge is 0.261 e. The first-order valence-corrected chi connectivity index (χ1v) is 9.95. The number of hydrogen-bond donors (Lipinski definition) is 0. The van der Waals surface area contributed by atoms with E-state index in [-0.39, 0.29) is 18.4 Å². The first-order valence-electron chi connectivity index (χ1n) is 9.57. The van der Waals surface area contributed by atoms with E-state index in [1.54, 1.807) is 30.5 Å². The van der Waals surface area contributed by atoms with Gasteiger partial charge in [-0.2, -0.15) is 0 Å². The molecule has 3 aromatic rings. The van der Waals surface area contributed by atoms with Crippen molar-refractivity contribution in [1.82, 2.24) is 19.2 Å². The molecule has 2 aliphatic rings. The summed E-state index contributed by atoms with van der Waals surface area (Å²) >= 11 is 6.35. The number of pyridine rings is 1. The number of piperazine rings is 1. The van der Waals surface area contributed by atoms with Crippen molar-refractivity contribution in [3.05, 3.63) is 64.6 Å². The normalized spacial score (nSPS) is 17.4. The van der Waals surface area contributed by atoms with E-state index in [0.29, 0.717) is 21.8 Å². The standard InChI is InChI=1S/C21H20ClN5O2/c1-24-6-8-25(9-7-24)18-10-14(22)11-26-12-15(23-19(18)26)13-27-20(28)16-4-2-3-5-17(16)21(27)29/h2-5,10-12H,6-9,13H2,1H3. The van der Waals surface area contributed by atoms with Gasteiger partial charge in [-0.1, -0.05) is 23.7 Å². The number of carbonyl (C=O) groups excluding carboxylic acids is 2. The van der Waals surface area contributed by atoms with Gasteiger partial charge in [0.25, 0.3) is 11.8 Å². The first-order chi connectivity index (χ1) is 14.0. The summed E-state index contributed by atoms with van der Waals surface area (Å²) in [6.07, 6.45) is 3.64. The maximum Gasteiger partial charge on any atom is 0.261 e. The number of rotatable bonds is 3. The molecule has 2 aromatic heterocycles. The van der Waals surface area contributed by atoms with E-state index in [2.05, 4.69) is 16.8 Å². The Kier molecular flexibility index (Phi) is 4.29. The molecule has 4 heterocycles. The van der Waals surface area contributed by atoms with E-state index in [4.69, 9.17) is 16.6 Å². The van der Waals surface area contributed by atoms with Crippen LogP contribution < -0.4 is 4.90 Å². The quantitative estimate of drug-likeness (QED) is 0.622. The lowest BCUT2D eigenvalue weighted by Crippen LogP contribution is -2.44. The molecule has 0 saturated carbocycles. The fourth-order valence-electron chi connectivity index (χ4n) is 4.00. The highest BCUT2D eigenvalue weighted by molar-refractivity contribution is 6.30. The maximum atomic E-state index is 12.7. The van der Waals surface area contributed by atoms with Crippen LogP contribution in [-0.4, -0.2) is 64.2 Å². The van der Waals surface area contributed by atoms with Crippen molar-refractivity contribution in [1.29, 1.82) is 0 Å². The van der Waals surface area contributed by atoms with Gasteiger partial charge in [-0.25, -0.2) is 4.98 Å². The van der Waals surface area contributed by atoms with Gasteiger partial charge < -0.3 is 14.2 Å². The van der Waals surface area contributed by atoms with Crippen LogP contribution in [0.2, 0.25) is 5.02 Å². The van der Waals surface area contributed by atoms with Crippen LogP contribution >= 0.6 is 11.6 Å². The summed E-state index contributed by atoms with van der Waals surface area (Å²) in [4.78, 5) is 35.9. The predicted octanol–water partition coefficient (Wildman–Crippen LogP) is 2.54. The molecule has 148 valence electrons. The molecule has 2 amide bonds. The van der Waals surface area contributed by atoms with Crippen LogP contribution in [0.25, 0.3) is 5.65 Å². The number of imidazole rings is 1. The minimum absolute atomic E-state index is 0.133. The average Bonchev–Trinajstić information content (AvgIpc) is 3.22. The van der Waals surface area contributed by atoms with Crippen LogP contribution in [0.15, 0.2) is 42.7 Å². The van der Waals surface area contributed by atoms with Gasteiger partial charge in [-0.3, -0.25) is 14.5 Å². The highest BCUT2D eigenvalue weighted by Crippen LogP contribution is 2.28. The van der Waals surface area contributed by atoms with Crippen molar-refractivity contribution >= 4 is 34.7 Å². The van der Waals surface area contributed by atoms with Gasteiger partial charge in [0, 0.05) is 38.6 Å². The molecule has 0 spiro atoms. The summed E-state index contributed by atoms with van der Waals surface area (Å²) in [6.45, 7) is 3.87. The lowest BCUT2D eigenvalue weighted by atomic mass is 10.1. The van der Waals surface area contributed by atoms with E-state index in [1.165, 1.54) is 4.90 Å². The van der Waals surface area contributed by atoms with Crippen molar-refractivity contribution in [3.63, 3.8) is 0 Å². The van der Waals surface area contributed by atoms with E-state index in [0.717, 1.165) is 37.5 Å². The SMILES string of the molecule is CN1CCN(c2cc(Cl)cn3cc(CN4C(=O)c5ccccc5C4=O)nc23)CC1. The third-order valence-electron chi connectivity index (χ3n) is 5.59. The molecule has 1 fully saturated rings. The molecule has 2 aliphatic heterocycles. The molecule has 1 saturated heterocycles. The third kappa shape index (κ3) is 3.07. The monoisotopic (exact) mass is 409 g/mol. The van der Waals surface area contributed by atoms with Crippen molar-refractivity contribution in [2.75, 3.05) is 38.1 Å². The number of fused-ring (bicyclic) bond motifs is 2. The molecule has 29 heavy (non-hydrogen) atoms. The van der Waals surface area contributed by atoms with Crippen LogP contribution in [0.1, 0.15) is 26.4 Å². The number of likely N-dealkylation sites (N-methyl/N-ethyl adjacent to an activating group) is 1. The number of anilines is 1. The molecule has 0 bridgehead atoms. The van der Waals surface area contributed by atoms with Crippen LogP contribution in [0.3, 0.4) is 0 Å². The summed E-state index contributed by atoms with van der Waals surface area (Å²) < 4.78 is 1.88. The summed E-state index contributed by atoms with van der Waals surface area (Å²) in [5.74, 6) is -0.556. The van der Waals surface area contributed by atoms with Crippen LogP contribution in [0.4, 0.5) is 5.69 Å². The predicted molar refractivity (Wildman–Crippen MR) is 111 cm³/mol. The minimum Gasteiger partial charge on any atom is -0.366 e. The number of halogens is 1. The lowest BCUT2D eigenvalue weighted by Gasteiger charge is -2.34. The first kappa shape index (κ1) is 18.1. The third-order valence-corrected chi connectivity index (χ3v) is 5.80. The maximum absolute atomic E-state index is 12.7. The van der Waals surface area contributed by atoms with Gasteiger partial charge in [0.1, 0.15) is 0 Å². The summed E-state index contributed by atoms with van der Waals surface area (Å²) in [5.41, 5.74) is 3.30.